The Hall–Kier alpha value is -0.620. The second kappa shape index (κ2) is 4.33. The largest absolute Gasteiger partial charge is 0.355 e. The zero-order valence-corrected chi connectivity index (χ0v) is 10.0. The summed E-state index contributed by atoms with van der Waals surface area (Å²) in [5, 5.41) is 7.51. The van der Waals surface area contributed by atoms with E-state index in [0.29, 0.717) is 11.8 Å². The summed E-state index contributed by atoms with van der Waals surface area (Å²) in [7, 11) is -3.47. The molecule has 0 aliphatic heterocycles. The van der Waals surface area contributed by atoms with Gasteiger partial charge in [0.25, 0.3) is 0 Å². The van der Waals surface area contributed by atoms with E-state index in [-0.39, 0.29) is 24.1 Å². The van der Waals surface area contributed by atoms with E-state index in [1.165, 1.54) is 12.8 Å². The van der Waals surface area contributed by atoms with Crippen molar-refractivity contribution in [2.75, 3.05) is 12.3 Å². The van der Waals surface area contributed by atoms with Crippen molar-refractivity contribution in [3.63, 3.8) is 0 Å². The van der Waals surface area contributed by atoms with Crippen molar-refractivity contribution in [1.82, 2.24) is 5.32 Å². The Labute approximate surface area is 95.8 Å². The number of carbonyl (C=O) groups excluding carboxylic acids is 1. The molecule has 2 atom stereocenters. The third-order valence-electron chi connectivity index (χ3n) is 3.65. The van der Waals surface area contributed by atoms with Gasteiger partial charge in [-0.1, -0.05) is 12.8 Å². The Morgan fingerprint density at radius 2 is 1.81 bits per heavy atom. The lowest BCUT2D eigenvalue weighted by atomic mass is 10.0. The lowest BCUT2D eigenvalue weighted by Crippen LogP contribution is -2.32. The van der Waals surface area contributed by atoms with Crippen LogP contribution in [-0.4, -0.2) is 26.6 Å². The summed E-state index contributed by atoms with van der Waals surface area (Å²) in [5.41, 5.74) is 0. The average molecular weight is 246 g/mol. The van der Waals surface area contributed by atoms with Crippen LogP contribution in [-0.2, 0) is 14.8 Å². The molecule has 0 bridgehead atoms. The standard InChI is InChI=1S/C10H18N2O3S/c11-16(14,15)6-5-12-10(13)9-7-3-1-2-4-8(7)9/h7-9H,1-6H2,(H,12,13)(H2,11,14,15). The number of hydrogen-bond donors (Lipinski definition) is 2. The van der Waals surface area contributed by atoms with Crippen molar-refractivity contribution in [1.29, 1.82) is 0 Å². The first-order chi connectivity index (χ1) is 7.49. The minimum atomic E-state index is -3.47. The average Bonchev–Trinajstić information content (AvgIpc) is 2.89. The van der Waals surface area contributed by atoms with Crippen LogP contribution in [0.3, 0.4) is 0 Å². The van der Waals surface area contributed by atoms with Crippen LogP contribution in [0.2, 0.25) is 0 Å². The Morgan fingerprint density at radius 1 is 1.25 bits per heavy atom. The smallest absolute Gasteiger partial charge is 0.223 e. The monoisotopic (exact) mass is 246 g/mol. The molecular formula is C10H18N2O3S. The number of fused-ring (bicyclic) bond motifs is 1. The van der Waals surface area contributed by atoms with Crippen molar-refractivity contribution in [2.24, 2.45) is 22.9 Å². The molecule has 0 heterocycles. The molecule has 0 aromatic heterocycles. The minimum absolute atomic E-state index is 0.0144. The van der Waals surface area contributed by atoms with Crippen LogP contribution in [0.4, 0.5) is 0 Å². The van der Waals surface area contributed by atoms with Crippen LogP contribution in [0.25, 0.3) is 0 Å². The van der Waals surface area contributed by atoms with E-state index < -0.39 is 10.0 Å². The van der Waals surface area contributed by atoms with Gasteiger partial charge in [-0.3, -0.25) is 4.79 Å². The van der Waals surface area contributed by atoms with E-state index in [1.54, 1.807) is 0 Å². The van der Waals surface area contributed by atoms with Crippen molar-refractivity contribution >= 4 is 15.9 Å². The summed E-state index contributed by atoms with van der Waals surface area (Å²) in [6, 6.07) is 0. The van der Waals surface area contributed by atoms with Crippen LogP contribution in [0.15, 0.2) is 0 Å². The molecule has 3 N–H and O–H groups in total. The fourth-order valence-electron chi connectivity index (χ4n) is 2.82. The molecule has 2 saturated carbocycles. The van der Waals surface area contributed by atoms with Gasteiger partial charge in [0, 0.05) is 12.5 Å². The van der Waals surface area contributed by atoms with Gasteiger partial charge < -0.3 is 5.32 Å². The predicted octanol–water partition coefficient (Wildman–Crippen LogP) is -0.173. The van der Waals surface area contributed by atoms with Gasteiger partial charge >= 0.3 is 0 Å². The number of hydrogen-bond acceptors (Lipinski definition) is 3. The number of rotatable bonds is 4. The molecule has 0 aromatic carbocycles. The number of carbonyl (C=O) groups is 1. The maximum Gasteiger partial charge on any atom is 0.223 e. The molecule has 6 heteroatoms. The summed E-state index contributed by atoms with van der Waals surface area (Å²) >= 11 is 0. The molecule has 2 aliphatic rings. The van der Waals surface area contributed by atoms with Gasteiger partial charge in [-0.15, -0.1) is 0 Å². The summed E-state index contributed by atoms with van der Waals surface area (Å²) in [4.78, 5) is 11.7. The van der Waals surface area contributed by atoms with Gasteiger partial charge in [0.15, 0.2) is 0 Å². The molecule has 2 rings (SSSR count). The second-order valence-electron chi connectivity index (χ2n) is 4.80. The first-order valence-corrected chi connectivity index (χ1v) is 7.49. The summed E-state index contributed by atoms with van der Waals surface area (Å²) in [5.74, 6) is 1.09. The lowest BCUT2D eigenvalue weighted by molar-refractivity contribution is -0.122. The zero-order chi connectivity index (χ0) is 11.8. The molecule has 0 radical (unpaired) electrons. The number of primary sulfonamides is 1. The molecule has 0 aromatic rings. The summed E-state index contributed by atoms with van der Waals surface area (Å²) in [6.45, 7) is 0.133. The van der Waals surface area contributed by atoms with E-state index in [2.05, 4.69) is 5.32 Å². The van der Waals surface area contributed by atoms with Crippen molar-refractivity contribution in [3.8, 4) is 0 Å². The maximum atomic E-state index is 11.7. The lowest BCUT2D eigenvalue weighted by Gasteiger charge is -2.04. The number of nitrogens with two attached hydrogens (primary N) is 1. The molecule has 0 spiro atoms. The highest BCUT2D eigenvalue weighted by molar-refractivity contribution is 7.89. The SMILES string of the molecule is NS(=O)(=O)CCNC(=O)C1C2CCCCC21. The third kappa shape index (κ3) is 2.74. The molecule has 0 saturated heterocycles. The van der Waals surface area contributed by atoms with Gasteiger partial charge in [-0.05, 0) is 24.7 Å². The molecule has 1 amide bonds. The third-order valence-corrected chi connectivity index (χ3v) is 4.42. The van der Waals surface area contributed by atoms with Crippen LogP contribution in [0.1, 0.15) is 25.7 Å². The van der Waals surface area contributed by atoms with Crippen LogP contribution in [0, 0.1) is 17.8 Å². The van der Waals surface area contributed by atoms with Crippen molar-refractivity contribution < 1.29 is 13.2 Å². The predicted molar refractivity (Wildman–Crippen MR) is 59.9 cm³/mol. The van der Waals surface area contributed by atoms with E-state index in [9.17, 15) is 13.2 Å². The van der Waals surface area contributed by atoms with Crippen LogP contribution in [0.5, 0.6) is 0 Å². The fraction of sp³-hybridized carbons (Fsp3) is 0.900. The highest BCUT2D eigenvalue weighted by Gasteiger charge is 2.54. The first-order valence-electron chi connectivity index (χ1n) is 5.77. The Bertz CT molecular complexity index is 368. The molecular weight excluding hydrogens is 228 g/mol. The van der Waals surface area contributed by atoms with E-state index in [4.69, 9.17) is 5.14 Å². The second-order valence-corrected chi connectivity index (χ2v) is 6.53. The topological polar surface area (TPSA) is 89.3 Å². The van der Waals surface area contributed by atoms with Gasteiger partial charge in [0.1, 0.15) is 0 Å². The van der Waals surface area contributed by atoms with Gasteiger partial charge in [0.2, 0.25) is 15.9 Å². The Balaban J connectivity index is 1.73. The molecule has 2 aliphatic carbocycles. The number of sulfonamides is 1. The number of amides is 1. The summed E-state index contributed by atoms with van der Waals surface area (Å²) < 4.78 is 21.4. The summed E-state index contributed by atoms with van der Waals surface area (Å²) in [6.07, 6.45) is 4.75. The molecule has 5 nitrogen and oxygen atoms in total. The molecule has 2 fully saturated rings. The van der Waals surface area contributed by atoms with E-state index >= 15 is 0 Å². The van der Waals surface area contributed by atoms with Crippen LogP contribution >= 0.6 is 0 Å². The highest BCUT2D eigenvalue weighted by atomic mass is 32.2. The van der Waals surface area contributed by atoms with Crippen molar-refractivity contribution in [2.45, 2.75) is 25.7 Å². The first kappa shape index (κ1) is 11.9. The van der Waals surface area contributed by atoms with Gasteiger partial charge in [-0.25, -0.2) is 13.6 Å². The Kier molecular flexibility index (Phi) is 3.21. The Morgan fingerprint density at radius 3 is 2.31 bits per heavy atom. The maximum absolute atomic E-state index is 11.7. The zero-order valence-electron chi connectivity index (χ0n) is 9.19. The van der Waals surface area contributed by atoms with E-state index in [0.717, 1.165) is 12.8 Å². The van der Waals surface area contributed by atoms with Gasteiger partial charge in [-0.2, -0.15) is 0 Å². The van der Waals surface area contributed by atoms with E-state index in [1.807, 2.05) is 0 Å². The highest BCUT2D eigenvalue weighted by Crippen LogP contribution is 2.55. The minimum Gasteiger partial charge on any atom is -0.355 e. The molecule has 16 heavy (non-hydrogen) atoms. The van der Waals surface area contributed by atoms with Crippen LogP contribution < -0.4 is 10.5 Å². The molecule has 92 valence electrons. The fourth-order valence-corrected chi connectivity index (χ4v) is 3.20. The quantitative estimate of drug-likeness (QED) is 0.721. The van der Waals surface area contributed by atoms with Gasteiger partial charge in [0.05, 0.1) is 5.75 Å². The number of nitrogens with one attached hydrogen (secondary N) is 1. The normalized spacial score (nSPS) is 32.9. The van der Waals surface area contributed by atoms with Crippen molar-refractivity contribution in [3.05, 3.63) is 0 Å². The molecule has 2 unspecified atom stereocenters.